The number of hydrogen-bond acceptors (Lipinski definition) is 3. The highest BCUT2D eigenvalue weighted by Crippen LogP contribution is 2.27. The number of ether oxygens (including phenoxy) is 1. The molecule has 1 N–H and O–H groups in total. The van der Waals surface area contributed by atoms with Gasteiger partial charge in [-0.2, -0.15) is 0 Å². The van der Waals surface area contributed by atoms with Crippen molar-refractivity contribution in [2.24, 2.45) is 0 Å². The molecule has 2 aromatic carbocycles. The van der Waals surface area contributed by atoms with Crippen molar-refractivity contribution in [2.45, 2.75) is 0 Å². The van der Waals surface area contributed by atoms with E-state index in [0.29, 0.717) is 11.3 Å². The van der Waals surface area contributed by atoms with E-state index in [-0.39, 0.29) is 5.75 Å². The lowest BCUT2D eigenvalue weighted by molar-refractivity contribution is 0.112. The summed E-state index contributed by atoms with van der Waals surface area (Å²) in [5, 5.41) is 11.0. The zero-order chi connectivity index (χ0) is 10.8. The summed E-state index contributed by atoms with van der Waals surface area (Å²) in [6.07, 6.45) is 0.724. The van der Waals surface area contributed by atoms with Gasteiger partial charge >= 0.3 is 0 Å². The molecule has 0 aliphatic heterocycles. The number of carbonyl (C=O) groups is 1. The predicted molar refractivity (Wildman–Crippen MR) is 57.6 cm³/mol. The van der Waals surface area contributed by atoms with E-state index in [2.05, 4.69) is 0 Å². The van der Waals surface area contributed by atoms with Crippen LogP contribution < -0.4 is 4.74 Å². The Morgan fingerprint density at radius 2 is 2.07 bits per heavy atom. The quantitative estimate of drug-likeness (QED) is 0.760. The maximum atomic E-state index is 10.8. The number of phenolic OH excluding ortho intramolecular Hbond substituents is 1. The molecule has 15 heavy (non-hydrogen) atoms. The highest BCUT2D eigenvalue weighted by atomic mass is 16.5. The second-order valence-corrected chi connectivity index (χ2v) is 3.24. The lowest BCUT2D eigenvalue weighted by Crippen LogP contribution is -1.86. The van der Waals surface area contributed by atoms with Crippen molar-refractivity contribution in [3.8, 4) is 11.5 Å². The van der Waals surface area contributed by atoms with Crippen LogP contribution in [0.25, 0.3) is 10.8 Å². The molecule has 3 nitrogen and oxygen atoms in total. The number of carbonyl (C=O) groups excluding carboxylic acids is 1. The zero-order valence-corrected chi connectivity index (χ0v) is 8.23. The third-order valence-corrected chi connectivity index (χ3v) is 2.31. The smallest absolute Gasteiger partial charge is 0.150 e. The first-order chi connectivity index (χ1) is 7.24. The van der Waals surface area contributed by atoms with Crippen LogP contribution in [0.5, 0.6) is 11.5 Å². The summed E-state index contributed by atoms with van der Waals surface area (Å²) in [5.41, 5.74) is 0.462. The molecule has 0 fully saturated rings. The number of rotatable bonds is 2. The third-order valence-electron chi connectivity index (χ3n) is 2.31. The SMILES string of the molecule is COc1ccc2cc(O)cc(C=O)c2c1. The lowest BCUT2D eigenvalue weighted by atomic mass is 10.0. The second-order valence-electron chi connectivity index (χ2n) is 3.24. The van der Waals surface area contributed by atoms with Crippen molar-refractivity contribution < 1.29 is 14.6 Å². The molecular weight excluding hydrogens is 192 g/mol. The van der Waals surface area contributed by atoms with Crippen LogP contribution in [0, 0.1) is 0 Å². The van der Waals surface area contributed by atoms with Gasteiger partial charge in [-0.1, -0.05) is 6.07 Å². The Hall–Kier alpha value is -2.03. The van der Waals surface area contributed by atoms with Crippen LogP contribution in [0.15, 0.2) is 30.3 Å². The molecule has 3 heteroatoms. The van der Waals surface area contributed by atoms with Gasteiger partial charge in [-0.25, -0.2) is 0 Å². The highest BCUT2D eigenvalue weighted by molar-refractivity contribution is 5.99. The zero-order valence-electron chi connectivity index (χ0n) is 8.23. The fourth-order valence-corrected chi connectivity index (χ4v) is 1.57. The molecule has 76 valence electrons. The number of methoxy groups -OCH3 is 1. The number of hydrogen-bond donors (Lipinski definition) is 1. The van der Waals surface area contributed by atoms with E-state index in [4.69, 9.17) is 4.74 Å². The van der Waals surface area contributed by atoms with Gasteiger partial charge in [0.15, 0.2) is 6.29 Å². The van der Waals surface area contributed by atoms with Gasteiger partial charge in [0, 0.05) is 5.56 Å². The fraction of sp³-hybridized carbons (Fsp3) is 0.0833. The van der Waals surface area contributed by atoms with Gasteiger partial charge < -0.3 is 9.84 Å². The first-order valence-electron chi connectivity index (χ1n) is 4.50. The summed E-state index contributed by atoms with van der Waals surface area (Å²) >= 11 is 0. The highest BCUT2D eigenvalue weighted by Gasteiger charge is 2.04. The molecule has 0 unspecified atom stereocenters. The minimum atomic E-state index is 0.0924. The molecule has 0 bridgehead atoms. The average Bonchev–Trinajstić information content (AvgIpc) is 2.27. The summed E-state index contributed by atoms with van der Waals surface area (Å²) < 4.78 is 5.07. The Kier molecular flexibility index (Phi) is 2.29. The van der Waals surface area contributed by atoms with Crippen LogP contribution in [-0.2, 0) is 0 Å². The fourth-order valence-electron chi connectivity index (χ4n) is 1.57. The van der Waals surface area contributed by atoms with Crippen molar-refractivity contribution >= 4 is 17.1 Å². The van der Waals surface area contributed by atoms with E-state index in [0.717, 1.165) is 17.1 Å². The second kappa shape index (κ2) is 3.61. The van der Waals surface area contributed by atoms with Crippen LogP contribution in [-0.4, -0.2) is 18.5 Å². The van der Waals surface area contributed by atoms with Gasteiger partial charge in [0.2, 0.25) is 0 Å². The van der Waals surface area contributed by atoms with E-state index in [9.17, 15) is 9.90 Å². The lowest BCUT2D eigenvalue weighted by Gasteiger charge is -2.05. The monoisotopic (exact) mass is 202 g/mol. The van der Waals surface area contributed by atoms with Crippen LogP contribution in [0.4, 0.5) is 0 Å². The number of benzene rings is 2. The first-order valence-corrected chi connectivity index (χ1v) is 4.50. The molecular formula is C12H10O3. The Labute approximate surface area is 86.9 Å². The van der Waals surface area contributed by atoms with Crippen LogP contribution in [0.3, 0.4) is 0 Å². The number of phenols is 1. The molecule has 0 aromatic heterocycles. The molecule has 0 saturated heterocycles. The molecule has 2 rings (SSSR count). The molecule has 0 aliphatic carbocycles. The average molecular weight is 202 g/mol. The molecule has 2 aromatic rings. The molecule has 0 amide bonds. The standard InChI is InChI=1S/C12H10O3/c1-15-11-3-2-8-4-10(14)5-9(7-13)12(8)6-11/h2-7,14H,1H3. The van der Waals surface area contributed by atoms with Gasteiger partial charge in [-0.15, -0.1) is 0 Å². The maximum Gasteiger partial charge on any atom is 0.150 e. The summed E-state index contributed by atoms with van der Waals surface area (Å²) in [4.78, 5) is 10.8. The van der Waals surface area contributed by atoms with E-state index < -0.39 is 0 Å². The van der Waals surface area contributed by atoms with Gasteiger partial charge in [-0.05, 0) is 35.0 Å². The van der Waals surface area contributed by atoms with E-state index in [1.165, 1.54) is 6.07 Å². The third kappa shape index (κ3) is 1.64. The van der Waals surface area contributed by atoms with Crippen LogP contribution >= 0.6 is 0 Å². The van der Waals surface area contributed by atoms with Gasteiger partial charge in [0.1, 0.15) is 11.5 Å². The van der Waals surface area contributed by atoms with Crippen molar-refractivity contribution in [1.29, 1.82) is 0 Å². The van der Waals surface area contributed by atoms with Crippen molar-refractivity contribution in [2.75, 3.05) is 7.11 Å². The normalized spacial score (nSPS) is 10.2. The molecule has 0 aliphatic rings. The summed E-state index contributed by atoms with van der Waals surface area (Å²) in [5.74, 6) is 0.783. The Morgan fingerprint density at radius 1 is 1.27 bits per heavy atom. The Bertz CT molecular complexity index is 518. The molecule has 0 atom stereocenters. The number of aromatic hydroxyl groups is 1. The van der Waals surface area contributed by atoms with E-state index >= 15 is 0 Å². The van der Waals surface area contributed by atoms with Crippen LogP contribution in [0.2, 0.25) is 0 Å². The summed E-state index contributed by atoms with van der Waals surface area (Å²) in [6.45, 7) is 0. The minimum Gasteiger partial charge on any atom is -0.508 e. The van der Waals surface area contributed by atoms with Gasteiger partial charge in [0.05, 0.1) is 7.11 Å². The van der Waals surface area contributed by atoms with E-state index in [1.54, 1.807) is 31.4 Å². The van der Waals surface area contributed by atoms with Gasteiger partial charge in [-0.3, -0.25) is 4.79 Å². The topological polar surface area (TPSA) is 46.5 Å². The minimum absolute atomic E-state index is 0.0924. The predicted octanol–water partition coefficient (Wildman–Crippen LogP) is 2.37. The van der Waals surface area contributed by atoms with Crippen molar-refractivity contribution in [3.05, 3.63) is 35.9 Å². The maximum absolute atomic E-state index is 10.8. The largest absolute Gasteiger partial charge is 0.508 e. The number of aldehydes is 1. The van der Waals surface area contributed by atoms with Gasteiger partial charge in [0.25, 0.3) is 0 Å². The van der Waals surface area contributed by atoms with Crippen molar-refractivity contribution in [3.63, 3.8) is 0 Å². The molecule has 0 spiro atoms. The van der Waals surface area contributed by atoms with E-state index in [1.807, 2.05) is 0 Å². The summed E-state index contributed by atoms with van der Waals surface area (Å²) in [6, 6.07) is 8.42. The first kappa shape index (κ1) is 9.52. The molecule has 0 radical (unpaired) electrons. The van der Waals surface area contributed by atoms with Crippen molar-refractivity contribution in [1.82, 2.24) is 0 Å². The molecule has 0 saturated carbocycles. The Balaban J connectivity index is 2.79. The summed E-state index contributed by atoms with van der Waals surface area (Å²) in [7, 11) is 1.57. The Morgan fingerprint density at radius 3 is 2.73 bits per heavy atom. The van der Waals surface area contributed by atoms with Crippen LogP contribution in [0.1, 0.15) is 10.4 Å². The number of fused-ring (bicyclic) bond motifs is 1. The molecule has 0 heterocycles.